The third kappa shape index (κ3) is 3.56. The van der Waals surface area contributed by atoms with Crippen LogP contribution in [0.1, 0.15) is 18.6 Å². The smallest absolute Gasteiger partial charge is 0.0940 e. The number of nitrogens with one attached hydrogen (secondary N) is 1. The van der Waals surface area contributed by atoms with Gasteiger partial charge >= 0.3 is 0 Å². The molecule has 2 N–H and O–H groups in total. The highest BCUT2D eigenvalue weighted by Gasteiger charge is 2.15. The molecule has 0 saturated heterocycles. The monoisotopic (exact) mass is 267 g/mol. The van der Waals surface area contributed by atoms with Crippen molar-refractivity contribution in [2.45, 2.75) is 19.1 Å². The van der Waals surface area contributed by atoms with Crippen LogP contribution >= 0.6 is 0 Å². The van der Waals surface area contributed by atoms with E-state index < -0.39 is 6.10 Å². The number of rotatable bonds is 6. The maximum atomic E-state index is 10.3. The summed E-state index contributed by atoms with van der Waals surface area (Å²) in [5.74, 6) is 0. The average molecular weight is 267 g/mol. The molecule has 2 unspecified atom stereocenters. The Morgan fingerprint density at radius 1 is 1.05 bits per heavy atom. The van der Waals surface area contributed by atoms with Gasteiger partial charge in [0, 0.05) is 12.6 Å². The van der Waals surface area contributed by atoms with Crippen LogP contribution in [0.3, 0.4) is 0 Å². The maximum Gasteiger partial charge on any atom is 0.0940 e. The Kier molecular flexibility index (Phi) is 5.10. The van der Waals surface area contributed by atoms with E-state index in [2.05, 4.69) is 24.0 Å². The third-order valence-electron chi connectivity index (χ3n) is 3.42. The van der Waals surface area contributed by atoms with Crippen LogP contribution in [0, 0.1) is 0 Å². The van der Waals surface area contributed by atoms with Gasteiger partial charge in [-0.05, 0) is 23.6 Å². The number of hydrogen-bond acceptors (Lipinski definition) is 2. The van der Waals surface area contributed by atoms with E-state index in [1.807, 2.05) is 49.4 Å². The molecule has 0 heterocycles. The van der Waals surface area contributed by atoms with E-state index in [-0.39, 0.29) is 6.04 Å². The Labute approximate surface area is 120 Å². The zero-order chi connectivity index (χ0) is 14.4. The Morgan fingerprint density at radius 3 is 2.25 bits per heavy atom. The van der Waals surface area contributed by atoms with Gasteiger partial charge in [0.05, 0.1) is 6.10 Å². The van der Waals surface area contributed by atoms with Crippen LogP contribution in [0.5, 0.6) is 0 Å². The SMILES string of the molecule is C=CCNC(C)C(O)c1ccc(-c2ccccc2)cc1. The molecule has 0 fully saturated rings. The fourth-order valence-electron chi connectivity index (χ4n) is 2.17. The third-order valence-corrected chi connectivity index (χ3v) is 3.42. The summed E-state index contributed by atoms with van der Waals surface area (Å²) in [6, 6.07) is 18.3. The van der Waals surface area contributed by atoms with Gasteiger partial charge < -0.3 is 10.4 Å². The minimum atomic E-state index is -0.514. The van der Waals surface area contributed by atoms with Crippen LogP contribution in [0.25, 0.3) is 11.1 Å². The Balaban J connectivity index is 2.10. The molecule has 0 aliphatic carbocycles. The van der Waals surface area contributed by atoms with Gasteiger partial charge in [0.25, 0.3) is 0 Å². The van der Waals surface area contributed by atoms with Crippen LogP contribution in [0.2, 0.25) is 0 Å². The summed E-state index contributed by atoms with van der Waals surface area (Å²) in [7, 11) is 0. The van der Waals surface area contributed by atoms with Crippen LogP contribution in [0.15, 0.2) is 67.3 Å². The van der Waals surface area contributed by atoms with Gasteiger partial charge in [-0.15, -0.1) is 6.58 Å². The summed E-state index contributed by atoms with van der Waals surface area (Å²) < 4.78 is 0. The van der Waals surface area contributed by atoms with Crippen LogP contribution in [0.4, 0.5) is 0 Å². The first-order valence-electron chi connectivity index (χ1n) is 6.90. The highest BCUT2D eigenvalue weighted by atomic mass is 16.3. The topological polar surface area (TPSA) is 32.3 Å². The minimum Gasteiger partial charge on any atom is -0.387 e. The molecule has 2 rings (SSSR count). The predicted octanol–water partition coefficient (Wildman–Crippen LogP) is 3.55. The van der Waals surface area contributed by atoms with Crippen LogP contribution < -0.4 is 5.32 Å². The van der Waals surface area contributed by atoms with E-state index in [1.54, 1.807) is 6.08 Å². The second-order valence-corrected chi connectivity index (χ2v) is 4.92. The number of aliphatic hydroxyl groups is 1. The quantitative estimate of drug-likeness (QED) is 0.784. The lowest BCUT2D eigenvalue weighted by molar-refractivity contribution is 0.138. The number of hydrogen-bond donors (Lipinski definition) is 2. The molecule has 2 aromatic rings. The molecule has 2 aromatic carbocycles. The van der Waals surface area contributed by atoms with Gasteiger partial charge in [-0.1, -0.05) is 60.7 Å². The van der Waals surface area contributed by atoms with Crippen molar-refractivity contribution in [1.82, 2.24) is 5.32 Å². The normalized spacial score (nSPS) is 13.7. The van der Waals surface area contributed by atoms with Gasteiger partial charge in [-0.3, -0.25) is 0 Å². The second-order valence-electron chi connectivity index (χ2n) is 4.92. The first kappa shape index (κ1) is 14.5. The van der Waals surface area contributed by atoms with E-state index in [9.17, 15) is 5.11 Å². The first-order valence-corrected chi connectivity index (χ1v) is 6.90. The van der Waals surface area contributed by atoms with Crippen molar-refractivity contribution in [3.05, 3.63) is 72.8 Å². The van der Waals surface area contributed by atoms with Crippen LogP contribution in [-0.4, -0.2) is 17.7 Å². The summed E-state index contributed by atoms with van der Waals surface area (Å²) >= 11 is 0. The molecule has 0 bridgehead atoms. The van der Waals surface area contributed by atoms with E-state index >= 15 is 0 Å². The van der Waals surface area contributed by atoms with E-state index in [1.165, 1.54) is 5.56 Å². The van der Waals surface area contributed by atoms with Crippen molar-refractivity contribution in [3.8, 4) is 11.1 Å². The highest BCUT2D eigenvalue weighted by molar-refractivity contribution is 5.63. The maximum absolute atomic E-state index is 10.3. The van der Waals surface area contributed by atoms with E-state index in [0.29, 0.717) is 6.54 Å². The van der Waals surface area contributed by atoms with E-state index in [0.717, 1.165) is 11.1 Å². The first-order chi connectivity index (χ1) is 9.72. The lowest BCUT2D eigenvalue weighted by Gasteiger charge is -2.20. The number of benzene rings is 2. The predicted molar refractivity (Wildman–Crippen MR) is 84.5 cm³/mol. The average Bonchev–Trinajstić information content (AvgIpc) is 2.53. The summed E-state index contributed by atoms with van der Waals surface area (Å²) in [5, 5.41) is 13.5. The molecular weight excluding hydrogens is 246 g/mol. The molecule has 0 aliphatic heterocycles. The zero-order valence-electron chi connectivity index (χ0n) is 11.8. The Morgan fingerprint density at radius 2 is 1.65 bits per heavy atom. The molecule has 104 valence electrons. The molecule has 2 heteroatoms. The standard InChI is InChI=1S/C18H21NO/c1-3-13-19-14(2)18(20)17-11-9-16(10-12-17)15-7-5-4-6-8-15/h3-12,14,18-20H,1,13H2,2H3. The molecule has 20 heavy (non-hydrogen) atoms. The number of aliphatic hydroxyl groups excluding tert-OH is 1. The second kappa shape index (κ2) is 7.04. The van der Waals surface area contributed by atoms with Crippen molar-refractivity contribution in [2.24, 2.45) is 0 Å². The van der Waals surface area contributed by atoms with Crippen LogP contribution in [-0.2, 0) is 0 Å². The Bertz CT molecular complexity index is 533. The summed E-state index contributed by atoms with van der Waals surface area (Å²) in [6.45, 7) is 6.33. The van der Waals surface area contributed by atoms with Crippen molar-refractivity contribution in [2.75, 3.05) is 6.54 Å². The molecule has 0 aromatic heterocycles. The minimum absolute atomic E-state index is 0.00410. The van der Waals surface area contributed by atoms with Crippen molar-refractivity contribution in [1.29, 1.82) is 0 Å². The van der Waals surface area contributed by atoms with Gasteiger partial charge in [-0.25, -0.2) is 0 Å². The van der Waals surface area contributed by atoms with E-state index in [4.69, 9.17) is 0 Å². The van der Waals surface area contributed by atoms with Crippen molar-refractivity contribution in [3.63, 3.8) is 0 Å². The molecule has 0 amide bonds. The van der Waals surface area contributed by atoms with Crippen molar-refractivity contribution < 1.29 is 5.11 Å². The lowest BCUT2D eigenvalue weighted by atomic mass is 9.99. The molecule has 0 saturated carbocycles. The van der Waals surface area contributed by atoms with Gasteiger partial charge in [-0.2, -0.15) is 0 Å². The van der Waals surface area contributed by atoms with Crippen molar-refractivity contribution >= 4 is 0 Å². The molecule has 2 nitrogen and oxygen atoms in total. The summed E-state index contributed by atoms with van der Waals surface area (Å²) in [6.07, 6.45) is 1.28. The van der Waals surface area contributed by atoms with Gasteiger partial charge in [0.2, 0.25) is 0 Å². The fraction of sp³-hybridized carbons (Fsp3) is 0.222. The van der Waals surface area contributed by atoms with Gasteiger partial charge in [0.15, 0.2) is 0 Å². The largest absolute Gasteiger partial charge is 0.387 e. The van der Waals surface area contributed by atoms with Gasteiger partial charge in [0.1, 0.15) is 0 Å². The molecule has 0 spiro atoms. The molecule has 0 aliphatic rings. The fourth-order valence-corrected chi connectivity index (χ4v) is 2.17. The lowest BCUT2D eigenvalue weighted by Crippen LogP contribution is -2.32. The molecular formula is C18H21NO. The summed E-state index contributed by atoms with van der Waals surface area (Å²) in [5.41, 5.74) is 3.27. The molecule has 0 radical (unpaired) electrons. The zero-order valence-corrected chi connectivity index (χ0v) is 11.8. The summed E-state index contributed by atoms with van der Waals surface area (Å²) in [4.78, 5) is 0. The Hall–Kier alpha value is -1.90. The highest BCUT2D eigenvalue weighted by Crippen LogP contribution is 2.23. The molecule has 2 atom stereocenters.